The number of hydrogen-bond acceptors (Lipinski definition) is 3. The van der Waals surface area contributed by atoms with Crippen LogP contribution in [0.3, 0.4) is 0 Å². The predicted molar refractivity (Wildman–Crippen MR) is 103 cm³/mol. The first-order valence-corrected chi connectivity index (χ1v) is 8.91. The minimum Gasteiger partial charge on any atom is -0.494 e. The Labute approximate surface area is 154 Å². The lowest BCUT2D eigenvalue weighted by molar-refractivity contribution is -0.114. The van der Waals surface area contributed by atoms with Crippen LogP contribution < -0.4 is 15.4 Å². The Morgan fingerprint density at radius 3 is 2.50 bits per heavy atom. The number of carbonyl (C=O) groups is 2. The number of ether oxygens (including phenoxy) is 1. The summed E-state index contributed by atoms with van der Waals surface area (Å²) in [5.74, 6) is 0.494. The number of anilines is 1. The zero-order valence-corrected chi connectivity index (χ0v) is 15.5. The molecule has 2 N–H and O–H groups in total. The van der Waals surface area contributed by atoms with Gasteiger partial charge in [0.1, 0.15) is 5.75 Å². The molecule has 2 aromatic rings. The van der Waals surface area contributed by atoms with Crippen LogP contribution in [-0.4, -0.2) is 18.4 Å². The van der Waals surface area contributed by atoms with Crippen LogP contribution in [0.25, 0.3) is 0 Å². The van der Waals surface area contributed by atoms with Crippen molar-refractivity contribution >= 4 is 17.5 Å². The van der Waals surface area contributed by atoms with Gasteiger partial charge in [0, 0.05) is 18.2 Å². The summed E-state index contributed by atoms with van der Waals surface area (Å²) in [6.07, 6.45) is 2.10. The first-order chi connectivity index (χ1) is 12.5. The van der Waals surface area contributed by atoms with Crippen LogP contribution in [0.15, 0.2) is 48.5 Å². The van der Waals surface area contributed by atoms with Crippen LogP contribution in [0, 0.1) is 0 Å². The summed E-state index contributed by atoms with van der Waals surface area (Å²) in [6, 6.07) is 14.4. The third-order valence-corrected chi connectivity index (χ3v) is 3.94. The lowest BCUT2D eigenvalue weighted by atomic mass is 10.1. The minimum absolute atomic E-state index is 0.125. The van der Waals surface area contributed by atoms with Gasteiger partial charge in [0.15, 0.2) is 0 Å². The molecular weight excluding hydrogens is 328 g/mol. The van der Waals surface area contributed by atoms with Crippen LogP contribution in [-0.2, 0) is 4.79 Å². The van der Waals surface area contributed by atoms with Gasteiger partial charge < -0.3 is 15.4 Å². The van der Waals surface area contributed by atoms with Gasteiger partial charge in [-0.15, -0.1) is 0 Å². The predicted octanol–water partition coefficient (Wildman–Crippen LogP) is 4.31. The van der Waals surface area contributed by atoms with Gasteiger partial charge >= 0.3 is 0 Å². The first kappa shape index (κ1) is 19.5. The fourth-order valence-corrected chi connectivity index (χ4v) is 2.49. The van der Waals surface area contributed by atoms with Gasteiger partial charge in [-0.2, -0.15) is 0 Å². The smallest absolute Gasteiger partial charge is 0.251 e. The van der Waals surface area contributed by atoms with Crippen molar-refractivity contribution in [2.75, 3.05) is 11.9 Å². The van der Waals surface area contributed by atoms with Crippen molar-refractivity contribution < 1.29 is 14.3 Å². The van der Waals surface area contributed by atoms with E-state index in [9.17, 15) is 9.59 Å². The van der Waals surface area contributed by atoms with Crippen LogP contribution in [0.5, 0.6) is 5.75 Å². The lowest BCUT2D eigenvalue weighted by Gasteiger charge is -2.16. The molecule has 0 spiro atoms. The molecule has 1 unspecified atom stereocenters. The number of benzene rings is 2. The van der Waals surface area contributed by atoms with Gasteiger partial charge in [-0.25, -0.2) is 0 Å². The zero-order chi connectivity index (χ0) is 18.9. The number of amides is 2. The van der Waals surface area contributed by atoms with E-state index in [1.165, 1.54) is 6.92 Å². The molecule has 0 bridgehead atoms. The van der Waals surface area contributed by atoms with Gasteiger partial charge in [0.05, 0.1) is 12.6 Å². The summed E-state index contributed by atoms with van der Waals surface area (Å²) in [7, 11) is 0. The third-order valence-electron chi connectivity index (χ3n) is 3.94. The lowest BCUT2D eigenvalue weighted by Crippen LogP contribution is -2.26. The van der Waals surface area contributed by atoms with Crippen molar-refractivity contribution in [2.45, 2.75) is 39.7 Å². The van der Waals surface area contributed by atoms with Crippen molar-refractivity contribution in [1.29, 1.82) is 0 Å². The summed E-state index contributed by atoms with van der Waals surface area (Å²) in [6.45, 7) is 6.17. The molecule has 5 nitrogen and oxygen atoms in total. The van der Waals surface area contributed by atoms with Crippen molar-refractivity contribution in [3.05, 3.63) is 59.7 Å². The second kappa shape index (κ2) is 9.61. The molecule has 1 atom stereocenters. The van der Waals surface area contributed by atoms with Gasteiger partial charge in [0.2, 0.25) is 5.91 Å². The molecule has 2 rings (SSSR count). The molecular formula is C21H26N2O3. The largest absolute Gasteiger partial charge is 0.494 e. The zero-order valence-electron chi connectivity index (χ0n) is 15.5. The highest BCUT2D eigenvalue weighted by atomic mass is 16.5. The third kappa shape index (κ3) is 5.92. The first-order valence-electron chi connectivity index (χ1n) is 8.91. The van der Waals surface area contributed by atoms with E-state index in [1.54, 1.807) is 12.1 Å². The van der Waals surface area contributed by atoms with Gasteiger partial charge in [-0.05, 0) is 55.3 Å². The summed E-state index contributed by atoms with van der Waals surface area (Å²) in [4.78, 5) is 23.6. The fraction of sp³-hybridized carbons (Fsp3) is 0.333. The summed E-state index contributed by atoms with van der Waals surface area (Å²) in [5.41, 5.74) is 2.21. The van der Waals surface area contributed by atoms with Crippen molar-refractivity contribution in [2.24, 2.45) is 0 Å². The van der Waals surface area contributed by atoms with E-state index in [4.69, 9.17) is 4.74 Å². The topological polar surface area (TPSA) is 67.4 Å². The standard InChI is InChI=1S/C21H26N2O3/c1-4-5-13-26-20-11-9-17(10-12-20)21(25)22-15(2)18-7-6-8-19(14-18)23-16(3)24/h6-12,14-15H,4-5,13H2,1-3H3,(H,22,25)(H,23,24). The molecule has 5 heteroatoms. The van der Waals surface area contributed by atoms with Crippen LogP contribution >= 0.6 is 0 Å². The molecule has 0 heterocycles. The Morgan fingerprint density at radius 1 is 1.12 bits per heavy atom. The van der Waals surface area contributed by atoms with Gasteiger partial charge in [-0.1, -0.05) is 25.5 Å². The average Bonchev–Trinajstić information content (AvgIpc) is 2.62. The Balaban J connectivity index is 1.97. The van der Waals surface area contributed by atoms with Crippen molar-refractivity contribution in [1.82, 2.24) is 5.32 Å². The molecule has 2 aromatic carbocycles. The Bertz CT molecular complexity index is 741. The van der Waals surface area contributed by atoms with E-state index >= 15 is 0 Å². The fourth-order valence-electron chi connectivity index (χ4n) is 2.49. The number of nitrogens with one attached hydrogen (secondary N) is 2. The molecule has 0 fully saturated rings. The maximum absolute atomic E-state index is 12.4. The van der Waals surface area contributed by atoms with E-state index < -0.39 is 0 Å². The number of hydrogen-bond donors (Lipinski definition) is 2. The molecule has 0 saturated heterocycles. The Kier molecular flexibility index (Phi) is 7.21. The Hall–Kier alpha value is -2.82. The molecule has 0 aliphatic rings. The van der Waals surface area contributed by atoms with E-state index in [0.717, 1.165) is 24.2 Å². The van der Waals surface area contributed by atoms with Crippen LogP contribution in [0.4, 0.5) is 5.69 Å². The summed E-state index contributed by atoms with van der Waals surface area (Å²) >= 11 is 0. The SMILES string of the molecule is CCCCOc1ccc(C(=O)NC(C)c2cccc(NC(C)=O)c2)cc1. The van der Waals surface area contributed by atoms with Gasteiger partial charge in [0.25, 0.3) is 5.91 Å². The van der Waals surface area contributed by atoms with Crippen LogP contribution in [0.2, 0.25) is 0 Å². The second-order valence-electron chi connectivity index (χ2n) is 6.23. The average molecular weight is 354 g/mol. The maximum Gasteiger partial charge on any atom is 0.251 e. The summed E-state index contributed by atoms with van der Waals surface area (Å²) in [5, 5.41) is 5.72. The quantitative estimate of drug-likeness (QED) is 0.694. The Morgan fingerprint density at radius 2 is 1.85 bits per heavy atom. The molecule has 138 valence electrons. The molecule has 2 amide bonds. The highest BCUT2D eigenvalue weighted by molar-refractivity contribution is 5.94. The minimum atomic E-state index is -0.184. The van der Waals surface area contributed by atoms with E-state index in [-0.39, 0.29) is 17.9 Å². The molecule has 0 aromatic heterocycles. The second-order valence-corrected chi connectivity index (χ2v) is 6.23. The normalized spacial score (nSPS) is 11.5. The monoisotopic (exact) mass is 354 g/mol. The van der Waals surface area contributed by atoms with E-state index in [0.29, 0.717) is 17.9 Å². The summed E-state index contributed by atoms with van der Waals surface area (Å²) < 4.78 is 5.61. The van der Waals surface area contributed by atoms with Crippen LogP contribution in [0.1, 0.15) is 55.6 Å². The molecule has 0 saturated carbocycles. The maximum atomic E-state index is 12.4. The van der Waals surface area contributed by atoms with Gasteiger partial charge in [-0.3, -0.25) is 9.59 Å². The number of unbranched alkanes of at least 4 members (excludes halogenated alkanes) is 1. The molecule has 0 aliphatic heterocycles. The molecule has 0 aliphatic carbocycles. The van der Waals surface area contributed by atoms with Crippen molar-refractivity contribution in [3.63, 3.8) is 0 Å². The van der Waals surface area contributed by atoms with Crippen molar-refractivity contribution in [3.8, 4) is 5.75 Å². The number of rotatable bonds is 8. The highest BCUT2D eigenvalue weighted by Crippen LogP contribution is 2.19. The molecule has 0 radical (unpaired) electrons. The van der Waals surface area contributed by atoms with E-state index in [2.05, 4.69) is 17.6 Å². The number of carbonyl (C=O) groups excluding carboxylic acids is 2. The van der Waals surface area contributed by atoms with E-state index in [1.807, 2.05) is 43.3 Å². The molecule has 26 heavy (non-hydrogen) atoms. The highest BCUT2D eigenvalue weighted by Gasteiger charge is 2.12.